The van der Waals surface area contributed by atoms with Gasteiger partial charge in [0.1, 0.15) is 0 Å². The lowest BCUT2D eigenvalue weighted by Gasteiger charge is -2.53. The SMILES string of the molecule is C=C(C)CCC[C@@]1(C)CCC[C@H]2C1=CC[C@H](C)[C@]2(C)CO. The maximum atomic E-state index is 10.0. The maximum Gasteiger partial charge on any atom is 0.0493 e. The molecular formula is C20H34O. The molecule has 0 aromatic rings. The number of fused-ring (bicyclic) bond motifs is 1. The summed E-state index contributed by atoms with van der Waals surface area (Å²) >= 11 is 0. The summed E-state index contributed by atoms with van der Waals surface area (Å²) in [5, 5.41) is 10.0. The van der Waals surface area contributed by atoms with Gasteiger partial charge in [0.25, 0.3) is 0 Å². The summed E-state index contributed by atoms with van der Waals surface area (Å²) in [6.07, 6.45) is 11.3. The number of allylic oxidation sites excluding steroid dienone is 3. The van der Waals surface area contributed by atoms with Crippen molar-refractivity contribution in [1.82, 2.24) is 0 Å². The Bertz CT molecular complexity index is 422. The number of aliphatic hydroxyl groups excluding tert-OH is 1. The summed E-state index contributed by atoms with van der Waals surface area (Å²) in [4.78, 5) is 0. The highest BCUT2D eigenvalue weighted by molar-refractivity contribution is 5.26. The van der Waals surface area contributed by atoms with Crippen molar-refractivity contribution in [2.24, 2.45) is 22.7 Å². The third kappa shape index (κ3) is 3.13. The highest BCUT2D eigenvalue weighted by Crippen LogP contribution is 2.57. The van der Waals surface area contributed by atoms with Crippen LogP contribution in [-0.4, -0.2) is 11.7 Å². The maximum absolute atomic E-state index is 10.0. The fraction of sp³-hybridized carbons (Fsp3) is 0.800. The van der Waals surface area contributed by atoms with E-state index in [4.69, 9.17) is 0 Å². The minimum absolute atomic E-state index is 0.0834. The van der Waals surface area contributed by atoms with Gasteiger partial charge in [-0.1, -0.05) is 44.4 Å². The van der Waals surface area contributed by atoms with Crippen molar-refractivity contribution in [3.05, 3.63) is 23.8 Å². The number of hydrogen-bond acceptors (Lipinski definition) is 1. The van der Waals surface area contributed by atoms with E-state index in [-0.39, 0.29) is 5.41 Å². The van der Waals surface area contributed by atoms with E-state index in [0.29, 0.717) is 23.9 Å². The first-order valence-corrected chi connectivity index (χ1v) is 8.79. The Morgan fingerprint density at radius 1 is 1.43 bits per heavy atom. The van der Waals surface area contributed by atoms with Crippen molar-refractivity contribution in [3.63, 3.8) is 0 Å². The lowest BCUT2D eigenvalue weighted by molar-refractivity contribution is 0.00540. The van der Waals surface area contributed by atoms with E-state index in [1.165, 1.54) is 37.7 Å². The summed E-state index contributed by atoms with van der Waals surface area (Å²) in [5.74, 6) is 1.18. The summed E-state index contributed by atoms with van der Waals surface area (Å²) in [6.45, 7) is 13.6. The van der Waals surface area contributed by atoms with E-state index in [1.807, 2.05) is 0 Å². The molecule has 0 bridgehead atoms. The molecule has 120 valence electrons. The molecule has 1 heteroatoms. The molecule has 2 aliphatic carbocycles. The fourth-order valence-corrected chi connectivity index (χ4v) is 4.72. The second-order valence-corrected chi connectivity index (χ2v) is 8.28. The largest absolute Gasteiger partial charge is 0.396 e. The fourth-order valence-electron chi connectivity index (χ4n) is 4.72. The van der Waals surface area contributed by atoms with Gasteiger partial charge >= 0.3 is 0 Å². The Labute approximate surface area is 131 Å². The molecule has 1 fully saturated rings. The highest BCUT2D eigenvalue weighted by atomic mass is 16.3. The third-order valence-corrected chi connectivity index (χ3v) is 6.58. The molecule has 2 aliphatic rings. The van der Waals surface area contributed by atoms with E-state index >= 15 is 0 Å². The molecule has 0 saturated heterocycles. The summed E-state index contributed by atoms with van der Waals surface area (Å²) < 4.78 is 0. The van der Waals surface area contributed by atoms with E-state index in [1.54, 1.807) is 5.57 Å². The molecule has 4 atom stereocenters. The Hall–Kier alpha value is -0.560. The van der Waals surface area contributed by atoms with Crippen LogP contribution in [0, 0.1) is 22.7 Å². The predicted molar refractivity (Wildman–Crippen MR) is 91.2 cm³/mol. The Morgan fingerprint density at radius 2 is 2.14 bits per heavy atom. The van der Waals surface area contributed by atoms with E-state index in [0.717, 1.165) is 12.8 Å². The van der Waals surface area contributed by atoms with Crippen molar-refractivity contribution in [1.29, 1.82) is 0 Å². The van der Waals surface area contributed by atoms with Crippen LogP contribution in [0.15, 0.2) is 23.8 Å². The van der Waals surface area contributed by atoms with Crippen LogP contribution in [0.25, 0.3) is 0 Å². The van der Waals surface area contributed by atoms with Crippen LogP contribution >= 0.6 is 0 Å². The molecule has 2 rings (SSSR count). The average Bonchev–Trinajstić information content (AvgIpc) is 2.43. The lowest BCUT2D eigenvalue weighted by atomic mass is 9.52. The van der Waals surface area contributed by atoms with Gasteiger partial charge in [0.15, 0.2) is 0 Å². The van der Waals surface area contributed by atoms with Crippen LogP contribution in [-0.2, 0) is 0 Å². The minimum Gasteiger partial charge on any atom is -0.396 e. The molecular weight excluding hydrogens is 256 g/mol. The monoisotopic (exact) mass is 290 g/mol. The van der Waals surface area contributed by atoms with Crippen molar-refractivity contribution < 1.29 is 5.11 Å². The zero-order valence-electron chi connectivity index (χ0n) is 14.5. The molecule has 0 unspecified atom stereocenters. The molecule has 0 aromatic heterocycles. The predicted octanol–water partition coefficient (Wildman–Crippen LogP) is 5.50. The van der Waals surface area contributed by atoms with Gasteiger partial charge in [-0.3, -0.25) is 0 Å². The standard InChI is InChI=1S/C20H34O/c1-15(2)8-6-12-19(4)13-7-9-18-17(19)11-10-16(3)20(18,5)14-21/h11,16,18,21H,1,6-10,12-14H2,2-5H3/t16-,18-,19-,20-/m0/s1. The Morgan fingerprint density at radius 3 is 2.76 bits per heavy atom. The topological polar surface area (TPSA) is 20.2 Å². The summed E-state index contributed by atoms with van der Waals surface area (Å²) in [6, 6.07) is 0. The molecule has 0 radical (unpaired) electrons. The van der Waals surface area contributed by atoms with Gasteiger partial charge in [-0.2, -0.15) is 0 Å². The molecule has 21 heavy (non-hydrogen) atoms. The zero-order valence-corrected chi connectivity index (χ0v) is 14.5. The molecule has 0 spiro atoms. The smallest absolute Gasteiger partial charge is 0.0493 e. The quantitative estimate of drug-likeness (QED) is 0.662. The molecule has 1 saturated carbocycles. The molecule has 0 heterocycles. The second kappa shape index (κ2) is 6.28. The van der Waals surface area contributed by atoms with Crippen LogP contribution in [0.3, 0.4) is 0 Å². The van der Waals surface area contributed by atoms with Gasteiger partial charge in [0.05, 0.1) is 0 Å². The van der Waals surface area contributed by atoms with Gasteiger partial charge in [-0.15, -0.1) is 6.58 Å². The van der Waals surface area contributed by atoms with Crippen molar-refractivity contribution in [2.75, 3.05) is 6.61 Å². The number of hydrogen-bond donors (Lipinski definition) is 1. The van der Waals surface area contributed by atoms with Gasteiger partial charge in [0.2, 0.25) is 0 Å². The van der Waals surface area contributed by atoms with Gasteiger partial charge < -0.3 is 5.11 Å². The van der Waals surface area contributed by atoms with Crippen LogP contribution < -0.4 is 0 Å². The zero-order chi connectivity index (χ0) is 15.7. The lowest BCUT2D eigenvalue weighted by Crippen LogP contribution is -2.46. The van der Waals surface area contributed by atoms with E-state index in [9.17, 15) is 5.11 Å². The first-order valence-electron chi connectivity index (χ1n) is 8.79. The van der Waals surface area contributed by atoms with Crippen molar-refractivity contribution >= 4 is 0 Å². The first-order chi connectivity index (χ1) is 9.83. The second-order valence-electron chi connectivity index (χ2n) is 8.28. The summed E-state index contributed by atoms with van der Waals surface area (Å²) in [7, 11) is 0. The summed E-state index contributed by atoms with van der Waals surface area (Å²) in [5.41, 5.74) is 3.41. The van der Waals surface area contributed by atoms with Crippen LogP contribution in [0.2, 0.25) is 0 Å². The Kier molecular flexibility index (Phi) is 5.03. The van der Waals surface area contributed by atoms with Gasteiger partial charge in [-0.05, 0) is 62.7 Å². The van der Waals surface area contributed by atoms with Crippen LogP contribution in [0.5, 0.6) is 0 Å². The Balaban J connectivity index is 2.20. The number of aliphatic hydroxyl groups is 1. The number of rotatable bonds is 5. The van der Waals surface area contributed by atoms with Crippen molar-refractivity contribution in [3.8, 4) is 0 Å². The molecule has 1 nitrogen and oxygen atoms in total. The van der Waals surface area contributed by atoms with Gasteiger partial charge in [-0.25, -0.2) is 0 Å². The minimum atomic E-state index is 0.0834. The highest BCUT2D eigenvalue weighted by Gasteiger charge is 2.48. The van der Waals surface area contributed by atoms with Crippen LogP contribution in [0.1, 0.15) is 72.6 Å². The van der Waals surface area contributed by atoms with Crippen LogP contribution in [0.4, 0.5) is 0 Å². The third-order valence-electron chi connectivity index (χ3n) is 6.58. The first kappa shape index (κ1) is 16.8. The molecule has 0 amide bonds. The molecule has 0 aliphatic heterocycles. The normalized spacial score (nSPS) is 39.6. The van der Waals surface area contributed by atoms with E-state index < -0.39 is 0 Å². The van der Waals surface area contributed by atoms with E-state index in [2.05, 4.69) is 40.3 Å². The average molecular weight is 290 g/mol. The molecule has 1 N–H and O–H groups in total. The van der Waals surface area contributed by atoms with Crippen molar-refractivity contribution in [2.45, 2.75) is 72.6 Å². The van der Waals surface area contributed by atoms with Gasteiger partial charge in [0, 0.05) is 12.0 Å². The molecule has 0 aromatic carbocycles.